The first-order valence-electron chi connectivity index (χ1n) is 6.51. The fourth-order valence-corrected chi connectivity index (χ4v) is 3.06. The second-order valence-corrected chi connectivity index (χ2v) is 5.92. The molecule has 0 spiro atoms. The van der Waals surface area contributed by atoms with Crippen LogP contribution in [0.3, 0.4) is 0 Å². The molecule has 0 unspecified atom stereocenters. The number of halogens is 1. The third-order valence-electron chi connectivity index (χ3n) is 3.18. The SMILES string of the molecule is C[C@@H](NC(=O)C[C@H]1CSCCN1)c1ccc(F)cc1. The van der Waals surface area contributed by atoms with E-state index in [2.05, 4.69) is 10.6 Å². The summed E-state index contributed by atoms with van der Waals surface area (Å²) in [7, 11) is 0. The number of rotatable bonds is 4. The summed E-state index contributed by atoms with van der Waals surface area (Å²) in [5.41, 5.74) is 0.917. The zero-order valence-corrected chi connectivity index (χ0v) is 11.8. The maximum Gasteiger partial charge on any atom is 0.222 e. The lowest BCUT2D eigenvalue weighted by Crippen LogP contribution is -2.41. The molecule has 2 atom stereocenters. The summed E-state index contributed by atoms with van der Waals surface area (Å²) in [5, 5.41) is 6.29. The third-order valence-corrected chi connectivity index (χ3v) is 4.31. The van der Waals surface area contributed by atoms with Gasteiger partial charge >= 0.3 is 0 Å². The van der Waals surface area contributed by atoms with E-state index in [0.29, 0.717) is 6.42 Å². The van der Waals surface area contributed by atoms with Crippen LogP contribution in [0.2, 0.25) is 0 Å². The van der Waals surface area contributed by atoms with Gasteiger partial charge in [-0.2, -0.15) is 11.8 Å². The Bertz CT molecular complexity index is 418. The number of carbonyl (C=O) groups excluding carboxylic acids is 1. The number of nitrogens with one attached hydrogen (secondary N) is 2. The largest absolute Gasteiger partial charge is 0.350 e. The molecule has 1 amide bonds. The van der Waals surface area contributed by atoms with Crippen LogP contribution in [0, 0.1) is 5.82 Å². The highest BCUT2D eigenvalue weighted by atomic mass is 32.2. The number of carbonyl (C=O) groups is 1. The molecule has 1 aromatic rings. The summed E-state index contributed by atoms with van der Waals surface area (Å²) < 4.78 is 12.8. The molecule has 0 radical (unpaired) electrons. The lowest BCUT2D eigenvalue weighted by Gasteiger charge is -2.23. The van der Waals surface area contributed by atoms with Gasteiger partial charge in [0.05, 0.1) is 6.04 Å². The van der Waals surface area contributed by atoms with Gasteiger partial charge in [-0.3, -0.25) is 4.79 Å². The lowest BCUT2D eigenvalue weighted by molar-refractivity contribution is -0.122. The van der Waals surface area contributed by atoms with Crippen molar-refractivity contribution in [3.05, 3.63) is 35.6 Å². The van der Waals surface area contributed by atoms with Gasteiger partial charge < -0.3 is 10.6 Å². The van der Waals surface area contributed by atoms with Crippen molar-refractivity contribution in [2.24, 2.45) is 0 Å². The lowest BCUT2D eigenvalue weighted by atomic mass is 10.1. The van der Waals surface area contributed by atoms with Gasteiger partial charge in [-0.05, 0) is 24.6 Å². The number of hydrogen-bond acceptors (Lipinski definition) is 3. The first-order valence-corrected chi connectivity index (χ1v) is 7.66. The van der Waals surface area contributed by atoms with E-state index in [4.69, 9.17) is 0 Å². The molecule has 1 aromatic carbocycles. The van der Waals surface area contributed by atoms with Crippen LogP contribution in [0.1, 0.15) is 24.9 Å². The highest BCUT2D eigenvalue weighted by molar-refractivity contribution is 7.99. The topological polar surface area (TPSA) is 41.1 Å². The van der Waals surface area contributed by atoms with E-state index >= 15 is 0 Å². The maximum absolute atomic E-state index is 12.8. The van der Waals surface area contributed by atoms with Crippen molar-refractivity contribution in [3.8, 4) is 0 Å². The van der Waals surface area contributed by atoms with Crippen LogP contribution in [0.5, 0.6) is 0 Å². The van der Waals surface area contributed by atoms with Crippen LogP contribution in [0.25, 0.3) is 0 Å². The standard InChI is InChI=1S/C14H19FN2OS/c1-10(11-2-4-12(15)5-3-11)17-14(18)8-13-9-19-7-6-16-13/h2-5,10,13,16H,6-9H2,1H3,(H,17,18)/t10-,13+/m1/s1. The molecule has 0 aliphatic carbocycles. The predicted molar refractivity (Wildman–Crippen MR) is 76.7 cm³/mol. The fourth-order valence-electron chi connectivity index (χ4n) is 2.11. The van der Waals surface area contributed by atoms with E-state index in [-0.39, 0.29) is 23.8 Å². The smallest absolute Gasteiger partial charge is 0.222 e. The second kappa shape index (κ2) is 6.91. The number of amides is 1. The van der Waals surface area contributed by atoms with E-state index < -0.39 is 0 Å². The molecule has 0 bridgehead atoms. The monoisotopic (exact) mass is 282 g/mol. The molecule has 1 fully saturated rings. The Hall–Kier alpha value is -1.07. The van der Waals surface area contributed by atoms with Gasteiger partial charge in [0, 0.05) is 30.5 Å². The maximum atomic E-state index is 12.8. The molecular formula is C14H19FN2OS. The molecule has 1 heterocycles. The molecule has 19 heavy (non-hydrogen) atoms. The minimum atomic E-state index is -0.259. The number of benzene rings is 1. The molecule has 104 valence electrons. The van der Waals surface area contributed by atoms with Crippen LogP contribution in [-0.2, 0) is 4.79 Å². The zero-order chi connectivity index (χ0) is 13.7. The van der Waals surface area contributed by atoms with Crippen molar-refractivity contribution in [2.75, 3.05) is 18.1 Å². The Morgan fingerprint density at radius 1 is 1.53 bits per heavy atom. The predicted octanol–water partition coefficient (Wildman–Crippen LogP) is 2.10. The molecule has 1 saturated heterocycles. The van der Waals surface area contributed by atoms with Crippen LogP contribution < -0.4 is 10.6 Å². The van der Waals surface area contributed by atoms with Crippen molar-refractivity contribution in [3.63, 3.8) is 0 Å². The zero-order valence-electron chi connectivity index (χ0n) is 11.0. The minimum Gasteiger partial charge on any atom is -0.350 e. The average Bonchev–Trinajstić information content (AvgIpc) is 2.40. The van der Waals surface area contributed by atoms with Gasteiger partial charge in [0.1, 0.15) is 5.82 Å². The molecule has 2 N–H and O–H groups in total. The van der Waals surface area contributed by atoms with E-state index in [1.54, 1.807) is 12.1 Å². The van der Waals surface area contributed by atoms with E-state index in [1.807, 2.05) is 18.7 Å². The van der Waals surface area contributed by atoms with Crippen molar-refractivity contribution < 1.29 is 9.18 Å². The molecule has 3 nitrogen and oxygen atoms in total. The van der Waals surface area contributed by atoms with Gasteiger partial charge in [0.2, 0.25) is 5.91 Å². The second-order valence-electron chi connectivity index (χ2n) is 4.77. The summed E-state index contributed by atoms with van der Waals surface area (Å²) in [5.74, 6) is 1.88. The van der Waals surface area contributed by atoms with Gasteiger partial charge in [0.25, 0.3) is 0 Å². The summed E-state index contributed by atoms with van der Waals surface area (Å²) >= 11 is 1.88. The third kappa shape index (κ3) is 4.51. The van der Waals surface area contributed by atoms with E-state index in [1.165, 1.54) is 12.1 Å². The van der Waals surface area contributed by atoms with E-state index in [9.17, 15) is 9.18 Å². The number of hydrogen-bond donors (Lipinski definition) is 2. The van der Waals surface area contributed by atoms with Gasteiger partial charge in [-0.15, -0.1) is 0 Å². The Kier molecular flexibility index (Phi) is 5.22. The van der Waals surface area contributed by atoms with Crippen molar-refractivity contribution in [1.29, 1.82) is 0 Å². The molecular weight excluding hydrogens is 263 g/mol. The minimum absolute atomic E-state index is 0.0387. The van der Waals surface area contributed by atoms with Crippen LogP contribution in [0.15, 0.2) is 24.3 Å². The highest BCUT2D eigenvalue weighted by Gasteiger charge is 2.18. The Balaban J connectivity index is 1.82. The molecule has 1 aliphatic rings. The molecule has 0 aromatic heterocycles. The van der Waals surface area contributed by atoms with Gasteiger partial charge in [-0.1, -0.05) is 12.1 Å². The first kappa shape index (κ1) is 14.3. The molecule has 1 aliphatic heterocycles. The van der Waals surface area contributed by atoms with Crippen LogP contribution >= 0.6 is 11.8 Å². The van der Waals surface area contributed by atoms with Gasteiger partial charge in [-0.25, -0.2) is 4.39 Å². The summed E-state index contributed by atoms with van der Waals surface area (Å²) in [6.45, 7) is 2.88. The molecule has 0 saturated carbocycles. The van der Waals surface area contributed by atoms with Crippen molar-refractivity contribution in [1.82, 2.24) is 10.6 Å². The van der Waals surface area contributed by atoms with Crippen LogP contribution in [0.4, 0.5) is 4.39 Å². The average molecular weight is 282 g/mol. The van der Waals surface area contributed by atoms with Crippen molar-refractivity contribution >= 4 is 17.7 Å². The molecule has 5 heteroatoms. The van der Waals surface area contributed by atoms with E-state index in [0.717, 1.165) is 23.6 Å². The summed E-state index contributed by atoms with van der Waals surface area (Å²) in [6.07, 6.45) is 0.499. The molecule has 2 rings (SSSR count). The van der Waals surface area contributed by atoms with Crippen LogP contribution in [-0.4, -0.2) is 30.0 Å². The Morgan fingerprint density at radius 3 is 2.89 bits per heavy atom. The van der Waals surface area contributed by atoms with Crippen molar-refractivity contribution in [2.45, 2.75) is 25.4 Å². The Morgan fingerprint density at radius 2 is 2.26 bits per heavy atom. The summed E-state index contributed by atoms with van der Waals surface area (Å²) in [4.78, 5) is 11.9. The first-order chi connectivity index (χ1) is 9.15. The quantitative estimate of drug-likeness (QED) is 0.888. The number of thioether (sulfide) groups is 1. The van der Waals surface area contributed by atoms with Gasteiger partial charge in [0.15, 0.2) is 0 Å². The fraction of sp³-hybridized carbons (Fsp3) is 0.500. The normalized spacial score (nSPS) is 20.8. The highest BCUT2D eigenvalue weighted by Crippen LogP contribution is 2.14. The Labute approximate surface area is 117 Å². The summed E-state index contributed by atoms with van der Waals surface area (Å²) in [6, 6.07) is 6.40.